The van der Waals surface area contributed by atoms with E-state index in [4.69, 9.17) is 0 Å². The average molecular weight is 392 g/mol. The molecule has 0 saturated carbocycles. The number of benzene rings is 1. The number of pyridine rings is 1. The summed E-state index contributed by atoms with van der Waals surface area (Å²) >= 11 is 0. The highest BCUT2D eigenvalue weighted by atomic mass is 19.3. The normalized spacial score (nSPS) is 14.7. The fourth-order valence-electron chi connectivity index (χ4n) is 3.23. The van der Waals surface area contributed by atoms with E-state index in [0.717, 1.165) is 12.1 Å². The lowest BCUT2D eigenvalue weighted by Crippen LogP contribution is -2.51. The highest BCUT2D eigenvalue weighted by Gasteiger charge is 2.30. The van der Waals surface area contributed by atoms with E-state index in [1.54, 1.807) is 11.0 Å². The molecule has 1 aliphatic heterocycles. The maximum absolute atomic E-state index is 13.5. The van der Waals surface area contributed by atoms with Crippen molar-refractivity contribution in [3.63, 3.8) is 0 Å². The van der Waals surface area contributed by atoms with Crippen LogP contribution >= 0.6 is 0 Å². The van der Waals surface area contributed by atoms with Gasteiger partial charge in [0.2, 0.25) is 5.91 Å². The third kappa shape index (κ3) is 3.32. The Labute approximate surface area is 157 Å². The van der Waals surface area contributed by atoms with E-state index in [9.17, 15) is 22.4 Å². The molecule has 1 aliphatic rings. The van der Waals surface area contributed by atoms with Gasteiger partial charge in [-0.1, -0.05) is 6.07 Å². The maximum Gasteiger partial charge on any atom is 0.266 e. The number of alkyl halides is 3. The largest absolute Gasteiger partial charge is 0.340 e. The Morgan fingerprint density at radius 3 is 2.68 bits per heavy atom. The number of carbonyl (C=O) groups excluding carboxylic acids is 1. The molecule has 0 unspecified atom stereocenters. The number of halogens is 4. The molecule has 2 aromatic heterocycles. The predicted octanol–water partition coefficient (Wildman–Crippen LogP) is 3.60. The Balaban J connectivity index is 1.62. The molecule has 3 aromatic rings. The van der Waals surface area contributed by atoms with Crippen molar-refractivity contribution in [3.8, 4) is 11.1 Å². The second kappa shape index (κ2) is 7.21. The van der Waals surface area contributed by atoms with Gasteiger partial charge in [-0.3, -0.25) is 18.9 Å². The van der Waals surface area contributed by atoms with Gasteiger partial charge < -0.3 is 4.90 Å². The summed E-state index contributed by atoms with van der Waals surface area (Å²) in [4.78, 5) is 18.1. The van der Waals surface area contributed by atoms with Gasteiger partial charge >= 0.3 is 0 Å². The van der Waals surface area contributed by atoms with Crippen LogP contribution in [0.5, 0.6) is 0 Å². The molecule has 1 saturated heterocycles. The highest BCUT2D eigenvalue weighted by Crippen LogP contribution is 2.29. The summed E-state index contributed by atoms with van der Waals surface area (Å²) in [5, 5.41) is 4.16. The Morgan fingerprint density at radius 1 is 1.18 bits per heavy atom. The van der Waals surface area contributed by atoms with Crippen molar-refractivity contribution in [2.24, 2.45) is 5.92 Å². The maximum atomic E-state index is 13.5. The SMILES string of the molecule is O=C(Cn1ncc2ncc(-c3ccc(F)c(C(F)F)c3)cc21)N1CC(CF)C1. The van der Waals surface area contributed by atoms with Crippen LogP contribution in [0.15, 0.2) is 36.7 Å². The third-order valence-corrected chi connectivity index (χ3v) is 4.87. The minimum Gasteiger partial charge on any atom is -0.340 e. The van der Waals surface area contributed by atoms with Crippen LogP contribution in [0.4, 0.5) is 17.6 Å². The van der Waals surface area contributed by atoms with Gasteiger partial charge in [-0.05, 0) is 23.8 Å². The number of hydrogen-bond acceptors (Lipinski definition) is 3. The number of aromatic nitrogens is 3. The molecule has 1 fully saturated rings. The Morgan fingerprint density at radius 2 is 1.96 bits per heavy atom. The Bertz CT molecular complexity index is 1030. The van der Waals surface area contributed by atoms with E-state index in [0.29, 0.717) is 35.2 Å². The summed E-state index contributed by atoms with van der Waals surface area (Å²) in [6.45, 7) is 0.313. The highest BCUT2D eigenvalue weighted by molar-refractivity contribution is 5.83. The van der Waals surface area contributed by atoms with Crippen LogP contribution in [0, 0.1) is 11.7 Å². The Kier molecular flexibility index (Phi) is 4.74. The van der Waals surface area contributed by atoms with Gasteiger partial charge in [-0.2, -0.15) is 5.10 Å². The first-order chi connectivity index (χ1) is 13.5. The minimum absolute atomic E-state index is 0.0284. The molecule has 0 aliphatic carbocycles. The fourth-order valence-corrected chi connectivity index (χ4v) is 3.23. The molecule has 28 heavy (non-hydrogen) atoms. The quantitative estimate of drug-likeness (QED) is 0.624. The van der Waals surface area contributed by atoms with Crippen molar-refractivity contribution in [1.29, 1.82) is 0 Å². The van der Waals surface area contributed by atoms with Crippen molar-refractivity contribution in [3.05, 3.63) is 48.0 Å². The second-order valence-corrected chi connectivity index (χ2v) is 6.79. The molecule has 0 atom stereocenters. The second-order valence-electron chi connectivity index (χ2n) is 6.79. The molecule has 1 amide bonds. The molecule has 0 radical (unpaired) electrons. The van der Waals surface area contributed by atoms with Gasteiger partial charge in [0, 0.05) is 30.8 Å². The molecule has 0 bridgehead atoms. The molecular formula is C19H16F4N4O. The first kappa shape index (κ1) is 18.4. The fraction of sp³-hybridized carbons (Fsp3) is 0.316. The summed E-state index contributed by atoms with van der Waals surface area (Å²) in [5.41, 5.74) is 1.31. The number of carbonyl (C=O) groups is 1. The zero-order chi connectivity index (χ0) is 19.8. The molecule has 1 aromatic carbocycles. The van der Waals surface area contributed by atoms with Gasteiger partial charge in [0.1, 0.15) is 17.9 Å². The lowest BCUT2D eigenvalue weighted by atomic mass is 10.0. The van der Waals surface area contributed by atoms with Gasteiger partial charge in [-0.15, -0.1) is 0 Å². The number of fused-ring (bicyclic) bond motifs is 1. The average Bonchev–Trinajstić information content (AvgIpc) is 3.03. The van der Waals surface area contributed by atoms with E-state index < -0.39 is 24.5 Å². The van der Waals surface area contributed by atoms with Crippen molar-refractivity contribution >= 4 is 16.9 Å². The molecule has 5 nitrogen and oxygen atoms in total. The van der Waals surface area contributed by atoms with Crippen LogP contribution < -0.4 is 0 Å². The van der Waals surface area contributed by atoms with Crippen molar-refractivity contribution in [2.45, 2.75) is 13.0 Å². The van der Waals surface area contributed by atoms with Gasteiger partial charge in [0.05, 0.1) is 24.0 Å². The van der Waals surface area contributed by atoms with Gasteiger partial charge in [0.15, 0.2) is 0 Å². The molecule has 0 N–H and O–H groups in total. The number of rotatable bonds is 5. The van der Waals surface area contributed by atoms with Gasteiger partial charge in [0.25, 0.3) is 6.43 Å². The number of likely N-dealkylation sites (tertiary alicyclic amines) is 1. The molecule has 146 valence electrons. The van der Waals surface area contributed by atoms with Crippen molar-refractivity contribution in [2.75, 3.05) is 19.8 Å². The number of amides is 1. The first-order valence-corrected chi connectivity index (χ1v) is 8.69. The lowest BCUT2D eigenvalue weighted by molar-refractivity contribution is -0.138. The van der Waals surface area contributed by atoms with Crippen LogP contribution in [-0.4, -0.2) is 45.3 Å². The molecule has 3 heterocycles. The van der Waals surface area contributed by atoms with E-state index in [1.165, 1.54) is 23.1 Å². The summed E-state index contributed by atoms with van der Waals surface area (Å²) in [5.74, 6) is -1.25. The van der Waals surface area contributed by atoms with Gasteiger partial charge in [-0.25, -0.2) is 13.2 Å². The molecule has 9 heteroatoms. The summed E-state index contributed by atoms with van der Waals surface area (Å²) in [6, 6.07) is 5.15. The van der Waals surface area contributed by atoms with Crippen LogP contribution in [0.2, 0.25) is 0 Å². The standard InChI is InChI=1S/C19H16F4N4O/c20-5-11-8-26(9-11)18(28)10-27-17-4-13(6-24-16(17)7-25-27)12-1-2-15(21)14(3-12)19(22)23/h1-4,6-7,11,19H,5,8-10H2. The van der Waals surface area contributed by atoms with E-state index >= 15 is 0 Å². The van der Waals surface area contributed by atoms with Crippen molar-refractivity contribution in [1.82, 2.24) is 19.7 Å². The van der Waals surface area contributed by atoms with E-state index in [1.807, 2.05) is 0 Å². The van der Waals surface area contributed by atoms with E-state index in [2.05, 4.69) is 10.1 Å². The number of hydrogen-bond donors (Lipinski definition) is 0. The smallest absolute Gasteiger partial charge is 0.266 e. The zero-order valence-electron chi connectivity index (χ0n) is 14.7. The summed E-state index contributed by atoms with van der Waals surface area (Å²) in [7, 11) is 0. The first-order valence-electron chi connectivity index (χ1n) is 8.69. The predicted molar refractivity (Wildman–Crippen MR) is 93.9 cm³/mol. The zero-order valence-corrected chi connectivity index (χ0v) is 14.7. The molecule has 4 rings (SSSR count). The molecular weight excluding hydrogens is 376 g/mol. The van der Waals surface area contributed by atoms with E-state index in [-0.39, 0.29) is 18.4 Å². The molecule has 0 spiro atoms. The van der Waals surface area contributed by atoms with Crippen molar-refractivity contribution < 1.29 is 22.4 Å². The van der Waals surface area contributed by atoms with Crippen LogP contribution in [0.3, 0.4) is 0 Å². The third-order valence-electron chi connectivity index (χ3n) is 4.87. The minimum atomic E-state index is -2.93. The summed E-state index contributed by atoms with van der Waals surface area (Å²) < 4.78 is 53.5. The number of nitrogens with zero attached hydrogens (tertiary/aromatic N) is 4. The van der Waals surface area contributed by atoms with Crippen LogP contribution in [0.1, 0.15) is 12.0 Å². The topological polar surface area (TPSA) is 51.0 Å². The van der Waals surface area contributed by atoms with Crippen LogP contribution in [0.25, 0.3) is 22.2 Å². The van der Waals surface area contributed by atoms with Crippen LogP contribution in [-0.2, 0) is 11.3 Å². The summed E-state index contributed by atoms with van der Waals surface area (Å²) in [6.07, 6.45) is 0.0617. The Hall–Kier alpha value is -2.97. The monoisotopic (exact) mass is 392 g/mol. The lowest BCUT2D eigenvalue weighted by Gasteiger charge is -2.37.